The Morgan fingerprint density at radius 2 is 1.94 bits per heavy atom. The summed E-state index contributed by atoms with van der Waals surface area (Å²) < 4.78 is 0. The maximum Gasteiger partial charge on any atom is 0.166 e. The predicted octanol–water partition coefficient (Wildman–Crippen LogP) is 3.58. The van der Waals surface area contributed by atoms with Crippen molar-refractivity contribution in [2.75, 3.05) is 0 Å². The second kappa shape index (κ2) is 4.48. The number of rotatable bonds is 3. The molecule has 16 heavy (non-hydrogen) atoms. The van der Waals surface area contributed by atoms with Crippen LogP contribution in [0.15, 0.2) is 42.0 Å². The van der Waals surface area contributed by atoms with Crippen molar-refractivity contribution in [1.29, 1.82) is 0 Å². The monoisotopic (exact) mass is 211 g/mol. The maximum atomic E-state index is 12.0. The van der Waals surface area contributed by atoms with Crippen LogP contribution in [0.3, 0.4) is 0 Å². The van der Waals surface area contributed by atoms with Gasteiger partial charge < -0.3 is 0 Å². The summed E-state index contributed by atoms with van der Waals surface area (Å²) >= 11 is 0. The first-order valence-electron chi connectivity index (χ1n) is 5.48. The van der Waals surface area contributed by atoms with Gasteiger partial charge in [0.2, 0.25) is 0 Å². The van der Waals surface area contributed by atoms with Crippen LogP contribution in [0.5, 0.6) is 0 Å². The van der Waals surface area contributed by atoms with Gasteiger partial charge >= 0.3 is 0 Å². The molecule has 0 saturated carbocycles. The zero-order valence-corrected chi connectivity index (χ0v) is 9.66. The van der Waals surface area contributed by atoms with Crippen LogP contribution in [-0.4, -0.2) is 5.78 Å². The summed E-state index contributed by atoms with van der Waals surface area (Å²) in [6.45, 7) is 4.09. The van der Waals surface area contributed by atoms with Crippen LogP contribution in [-0.2, 0) is 0 Å². The highest BCUT2D eigenvalue weighted by Crippen LogP contribution is 2.18. The van der Waals surface area contributed by atoms with E-state index in [0.29, 0.717) is 6.42 Å². The fraction of sp³-hybridized carbons (Fsp3) is 0.200. The molecule has 1 nitrogen and oxygen atoms in total. The Balaban J connectivity index is 2.11. The molecule has 1 aromatic carbocycles. The minimum Gasteiger partial charge on any atom is -0.294 e. The molecular formula is C15H15O. The SMILES string of the molecule is Cc1ccc(C(=O)CC2=CC=C[CH]2)cc1C. The molecule has 0 amide bonds. The van der Waals surface area contributed by atoms with Crippen molar-refractivity contribution in [2.45, 2.75) is 20.3 Å². The summed E-state index contributed by atoms with van der Waals surface area (Å²) in [6, 6.07) is 5.89. The zero-order chi connectivity index (χ0) is 11.5. The number of aryl methyl sites for hydroxylation is 2. The van der Waals surface area contributed by atoms with Crippen LogP contribution >= 0.6 is 0 Å². The molecule has 1 aliphatic carbocycles. The predicted molar refractivity (Wildman–Crippen MR) is 66.4 cm³/mol. The van der Waals surface area contributed by atoms with E-state index in [4.69, 9.17) is 0 Å². The van der Waals surface area contributed by atoms with Gasteiger partial charge in [-0.05, 0) is 31.0 Å². The molecule has 0 unspecified atom stereocenters. The van der Waals surface area contributed by atoms with Crippen molar-refractivity contribution >= 4 is 5.78 Å². The first-order valence-corrected chi connectivity index (χ1v) is 5.48. The topological polar surface area (TPSA) is 17.1 Å². The van der Waals surface area contributed by atoms with E-state index < -0.39 is 0 Å². The molecule has 0 saturated heterocycles. The zero-order valence-electron chi connectivity index (χ0n) is 9.66. The summed E-state index contributed by atoms with van der Waals surface area (Å²) in [7, 11) is 0. The largest absolute Gasteiger partial charge is 0.294 e. The lowest BCUT2D eigenvalue weighted by molar-refractivity contribution is 0.0993. The molecule has 81 valence electrons. The van der Waals surface area contributed by atoms with Gasteiger partial charge in [-0.15, -0.1) is 0 Å². The quantitative estimate of drug-likeness (QED) is 0.698. The highest BCUT2D eigenvalue weighted by Gasteiger charge is 2.10. The van der Waals surface area contributed by atoms with Gasteiger partial charge in [-0.2, -0.15) is 0 Å². The number of hydrogen-bond acceptors (Lipinski definition) is 1. The van der Waals surface area contributed by atoms with Crippen LogP contribution in [0.25, 0.3) is 0 Å². The van der Waals surface area contributed by atoms with Crippen molar-refractivity contribution in [3.05, 3.63) is 65.1 Å². The molecule has 1 aromatic rings. The molecule has 2 rings (SSSR count). The fourth-order valence-electron chi connectivity index (χ4n) is 1.73. The number of benzene rings is 1. The Kier molecular flexibility index (Phi) is 3.04. The van der Waals surface area contributed by atoms with Crippen LogP contribution in [0, 0.1) is 20.3 Å². The molecule has 0 heterocycles. The molecule has 0 atom stereocenters. The van der Waals surface area contributed by atoms with E-state index in [1.165, 1.54) is 11.1 Å². The van der Waals surface area contributed by atoms with Gasteiger partial charge in [0.25, 0.3) is 0 Å². The van der Waals surface area contributed by atoms with Crippen molar-refractivity contribution in [3.63, 3.8) is 0 Å². The van der Waals surface area contributed by atoms with E-state index in [0.717, 1.165) is 11.1 Å². The van der Waals surface area contributed by atoms with E-state index in [1.54, 1.807) is 0 Å². The Hall–Kier alpha value is -1.63. The van der Waals surface area contributed by atoms with Crippen molar-refractivity contribution in [3.8, 4) is 0 Å². The molecule has 0 bridgehead atoms. The number of Topliss-reactive ketones (excluding diaryl/α,β-unsaturated/α-hetero) is 1. The Bertz CT molecular complexity index is 478. The van der Waals surface area contributed by atoms with Crippen molar-refractivity contribution < 1.29 is 4.79 Å². The van der Waals surface area contributed by atoms with Gasteiger partial charge in [-0.3, -0.25) is 4.79 Å². The number of hydrogen-bond donors (Lipinski definition) is 0. The first kappa shape index (κ1) is 10.9. The van der Waals surface area contributed by atoms with Gasteiger partial charge in [0, 0.05) is 18.4 Å². The number of ketones is 1. The lowest BCUT2D eigenvalue weighted by Crippen LogP contribution is -2.01. The van der Waals surface area contributed by atoms with Gasteiger partial charge in [0.1, 0.15) is 0 Å². The average molecular weight is 211 g/mol. The third-order valence-electron chi connectivity index (χ3n) is 2.93. The lowest BCUT2D eigenvalue weighted by atomic mass is 9.99. The van der Waals surface area contributed by atoms with E-state index in [1.807, 2.05) is 49.8 Å². The summed E-state index contributed by atoms with van der Waals surface area (Å²) in [5.41, 5.74) is 4.30. The van der Waals surface area contributed by atoms with Crippen LogP contribution in [0.1, 0.15) is 27.9 Å². The number of allylic oxidation sites excluding steroid dienone is 4. The summed E-state index contributed by atoms with van der Waals surface area (Å²) in [6.07, 6.45) is 8.39. The van der Waals surface area contributed by atoms with Crippen molar-refractivity contribution in [2.24, 2.45) is 0 Å². The van der Waals surface area contributed by atoms with Crippen LogP contribution in [0.4, 0.5) is 0 Å². The molecule has 0 spiro atoms. The van der Waals surface area contributed by atoms with E-state index >= 15 is 0 Å². The minimum absolute atomic E-state index is 0.189. The normalized spacial score (nSPS) is 14.0. The summed E-state index contributed by atoms with van der Waals surface area (Å²) in [5.74, 6) is 0.189. The minimum atomic E-state index is 0.189. The summed E-state index contributed by atoms with van der Waals surface area (Å²) in [5, 5.41) is 0. The molecule has 1 heteroatoms. The Morgan fingerprint density at radius 3 is 2.56 bits per heavy atom. The van der Waals surface area contributed by atoms with Crippen LogP contribution < -0.4 is 0 Å². The standard InChI is InChI=1S/C15H15O/c1-11-7-8-14(9-12(11)2)15(16)10-13-5-3-4-6-13/h3-9H,10H2,1-2H3. The number of carbonyl (C=O) groups excluding carboxylic acids is 1. The first-order chi connectivity index (χ1) is 7.66. The second-order valence-corrected chi connectivity index (χ2v) is 4.19. The Morgan fingerprint density at radius 1 is 1.12 bits per heavy atom. The molecule has 0 aromatic heterocycles. The molecule has 1 aliphatic rings. The van der Waals surface area contributed by atoms with Gasteiger partial charge in [0.05, 0.1) is 0 Å². The van der Waals surface area contributed by atoms with E-state index in [9.17, 15) is 4.79 Å². The fourth-order valence-corrected chi connectivity index (χ4v) is 1.73. The van der Waals surface area contributed by atoms with Gasteiger partial charge in [0.15, 0.2) is 5.78 Å². The third-order valence-corrected chi connectivity index (χ3v) is 2.93. The van der Waals surface area contributed by atoms with E-state index in [2.05, 4.69) is 6.92 Å². The summed E-state index contributed by atoms with van der Waals surface area (Å²) in [4.78, 5) is 12.0. The highest BCUT2D eigenvalue weighted by atomic mass is 16.1. The second-order valence-electron chi connectivity index (χ2n) is 4.19. The van der Waals surface area contributed by atoms with E-state index in [-0.39, 0.29) is 5.78 Å². The smallest absolute Gasteiger partial charge is 0.166 e. The third kappa shape index (κ3) is 2.30. The molecular weight excluding hydrogens is 196 g/mol. The van der Waals surface area contributed by atoms with Crippen molar-refractivity contribution in [1.82, 2.24) is 0 Å². The lowest BCUT2D eigenvalue weighted by Gasteiger charge is -2.05. The maximum absolute atomic E-state index is 12.0. The molecule has 1 radical (unpaired) electrons. The highest BCUT2D eigenvalue weighted by molar-refractivity contribution is 5.98. The van der Waals surface area contributed by atoms with Gasteiger partial charge in [-0.1, -0.05) is 35.9 Å². The molecule has 0 aliphatic heterocycles. The molecule has 0 N–H and O–H groups in total. The van der Waals surface area contributed by atoms with Gasteiger partial charge in [-0.25, -0.2) is 0 Å². The number of carbonyl (C=O) groups is 1. The van der Waals surface area contributed by atoms with Crippen LogP contribution in [0.2, 0.25) is 0 Å². The molecule has 0 fully saturated rings. The average Bonchev–Trinajstić information content (AvgIpc) is 2.74. The Labute approximate surface area is 96.5 Å².